The predicted octanol–water partition coefficient (Wildman–Crippen LogP) is 3.96. The van der Waals surface area contributed by atoms with Crippen LogP contribution < -0.4 is 20.8 Å². The number of benzene rings is 2. The first-order valence-electron chi connectivity index (χ1n) is 16.4. The van der Waals surface area contributed by atoms with E-state index in [0.717, 1.165) is 29.0 Å². The van der Waals surface area contributed by atoms with Crippen molar-refractivity contribution >= 4 is 42.9 Å². The van der Waals surface area contributed by atoms with Gasteiger partial charge in [-0.25, -0.2) is 13.2 Å². The van der Waals surface area contributed by atoms with Crippen LogP contribution in [0.15, 0.2) is 36.4 Å². The maximum atomic E-state index is 14.0. The Morgan fingerprint density at radius 1 is 1.08 bits per heavy atom. The number of unbranched alkanes of at least 4 members (excludes halogenated alkanes) is 1. The molecule has 0 saturated heterocycles. The van der Waals surface area contributed by atoms with E-state index < -0.39 is 43.1 Å². The normalized spacial score (nSPS) is 15.6. The molecule has 1 aromatic heterocycles. The van der Waals surface area contributed by atoms with Gasteiger partial charge in [0.15, 0.2) is 11.6 Å². The van der Waals surface area contributed by atoms with Gasteiger partial charge in [-0.1, -0.05) is 12.5 Å². The molecule has 3 aromatic rings. The molecule has 3 amide bonds. The van der Waals surface area contributed by atoms with Gasteiger partial charge < -0.3 is 40.4 Å². The molecule has 16 heteroatoms. The monoisotopic (exact) mass is 733 g/mol. The molecule has 6 N–H and O–H groups in total. The fourth-order valence-electron chi connectivity index (χ4n) is 5.95. The number of aliphatic hydroxyl groups is 1. The lowest BCUT2D eigenvalue weighted by Gasteiger charge is -2.20. The number of rotatable bonds is 18. The van der Waals surface area contributed by atoms with Crippen molar-refractivity contribution in [3.8, 4) is 0 Å². The predicted molar refractivity (Wildman–Crippen MR) is 181 cm³/mol. The number of hydrogen-bond acceptors (Lipinski definition) is 7. The number of aliphatic hydroxyl groups excluding tert-OH is 1. The van der Waals surface area contributed by atoms with Gasteiger partial charge in [0.2, 0.25) is 11.8 Å². The zero-order valence-corrected chi connectivity index (χ0v) is 29.1. The molecule has 2 aromatic carbocycles. The summed E-state index contributed by atoms with van der Waals surface area (Å²) in [6, 6.07) is 6.65. The molecule has 1 aliphatic rings. The average molecular weight is 734 g/mol. The molecule has 51 heavy (non-hydrogen) atoms. The van der Waals surface area contributed by atoms with Gasteiger partial charge in [0.1, 0.15) is 5.82 Å². The van der Waals surface area contributed by atoms with Gasteiger partial charge in [0.25, 0.3) is 13.7 Å². The number of halogens is 3. The molecule has 276 valence electrons. The van der Waals surface area contributed by atoms with E-state index in [-0.39, 0.29) is 50.8 Å². The minimum Gasteiger partial charge on any atom is -0.756 e. The third kappa shape index (κ3) is 11.6. The lowest BCUT2D eigenvalue weighted by molar-refractivity contribution is -0.221. The Labute approximate surface area is 293 Å². The van der Waals surface area contributed by atoms with E-state index in [1.807, 2.05) is 13.8 Å². The minimum absolute atomic E-state index is 0.0355. The topological polar surface area (TPSA) is 193 Å². The standard InChI is InChI=1S/C35H42F3N4O8P/c1-20-26(21(2)40-32(20)17-28-27-15-24(36)7-10-31(27)42-35(28)46)8-11-33(44)41-25(13-22-6-9-29(37)30(38)14-22)16-34(45)39-12-4-3-5-23(18-43)19-50-51(47,48)49/h6-7,9-10,14-15,17,23,25,40,43H,3-5,8,11-13,16,18-19H2,1-2H3,(H,39,45)(H,41,44)(H,42,46)(H2,47,48,49)/p-1/b28-17-/t23?,25-/m0/s1. The number of nitrogens with one attached hydrogen (secondary N) is 4. The molecule has 3 atom stereocenters. The SMILES string of the molecule is Cc1[nH]c(/C=C2\C(=O)Nc3ccc(F)cc32)c(C)c1CCC(=O)N[C@H](CC(=O)NCCCCC(CO)COP(=O)([O-])O)Cc1ccc(F)c(F)c1. The largest absolute Gasteiger partial charge is 0.756 e. The number of H-pyrrole nitrogens is 1. The zero-order valence-electron chi connectivity index (χ0n) is 28.2. The first-order chi connectivity index (χ1) is 24.1. The summed E-state index contributed by atoms with van der Waals surface area (Å²) in [6.45, 7) is 3.20. The number of aryl methyl sites for hydroxylation is 1. The van der Waals surface area contributed by atoms with Crippen LogP contribution in [-0.2, 0) is 36.3 Å². The highest BCUT2D eigenvalue weighted by Gasteiger charge is 2.26. The van der Waals surface area contributed by atoms with Crippen molar-refractivity contribution < 1.29 is 51.5 Å². The Bertz CT molecular complexity index is 1830. The summed E-state index contributed by atoms with van der Waals surface area (Å²) in [6.07, 6.45) is 3.26. The molecule has 1 aliphatic heterocycles. The van der Waals surface area contributed by atoms with Crippen LogP contribution in [0.1, 0.15) is 65.7 Å². The van der Waals surface area contributed by atoms with E-state index >= 15 is 0 Å². The van der Waals surface area contributed by atoms with E-state index in [9.17, 15) is 42.1 Å². The molecular formula is C35H41F3N4O8P-. The van der Waals surface area contributed by atoms with Crippen LogP contribution >= 0.6 is 7.82 Å². The van der Waals surface area contributed by atoms with Gasteiger partial charge in [0, 0.05) is 60.6 Å². The molecular weight excluding hydrogens is 692 g/mol. The summed E-state index contributed by atoms with van der Waals surface area (Å²) < 4.78 is 56.5. The van der Waals surface area contributed by atoms with E-state index in [2.05, 4.69) is 25.5 Å². The van der Waals surface area contributed by atoms with Crippen molar-refractivity contribution in [3.63, 3.8) is 0 Å². The number of aromatic nitrogens is 1. The van der Waals surface area contributed by atoms with Gasteiger partial charge in [0.05, 0.1) is 12.2 Å². The first kappa shape index (κ1) is 39.5. The van der Waals surface area contributed by atoms with Gasteiger partial charge >= 0.3 is 0 Å². The number of carbonyl (C=O) groups excluding carboxylic acids is 3. The number of phosphoric ester groups is 1. The number of aromatic amines is 1. The van der Waals surface area contributed by atoms with Crippen LogP contribution in [0, 0.1) is 37.2 Å². The highest BCUT2D eigenvalue weighted by Crippen LogP contribution is 2.35. The molecule has 0 fully saturated rings. The lowest BCUT2D eigenvalue weighted by Crippen LogP contribution is -2.41. The summed E-state index contributed by atoms with van der Waals surface area (Å²) in [5.74, 6) is -4.22. The number of anilines is 1. The van der Waals surface area contributed by atoms with Crippen molar-refractivity contribution in [2.24, 2.45) is 5.92 Å². The Morgan fingerprint density at radius 2 is 1.84 bits per heavy atom. The summed E-state index contributed by atoms with van der Waals surface area (Å²) in [7, 11) is -4.90. The molecule has 4 rings (SSSR count). The fraction of sp³-hybridized carbons (Fsp3) is 0.400. The van der Waals surface area contributed by atoms with E-state index in [4.69, 9.17) is 4.89 Å². The Balaban J connectivity index is 1.35. The second-order valence-corrected chi connectivity index (χ2v) is 13.7. The smallest absolute Gasteiger partial charge is 0.265 e. The molecule has 0 bridgehead atoms. The van der Waals surface area contributed by atoms with Gasteiger partial charge in [-0.05, 0) is 92.6 Å². The summed E-state index contributed by atoms with van der Waals surface area (Å²) >= 11 is 0. The summed E-state index contributed by atoms with van der Waals surface area (Å²) in [4.78, 5) is 61.4. The Morgan fingerprint density at radius 3 is 2.55 bits per heavy atom. The number of amides is 3. The molecule has 0 saturated carbocycles. The van der Waals surface area contributed by atoms with Crippen molar-refractivity contribution in [1.82, 2.24) is 15.6 Å². The minimum atomic E-state index is -4.90. The summed E-state index contributed by atoms with van der Waals surface area (Å²) in [5, 5.41) is 17.7. The molecule has 2 unspecified atom stereocenters. The number of phosphoric acid groups is 1. The third-order valence-corrected chi connectivity index (χ3v) is 9.12. The zero-order chi connectivity index (χ0) is 37.3. The molecule has 0 radical (unpaired) electrons. The highest BCUT2D eigenvalue weighted by atomic mass is 31.2. The number of fused-ring (bicyclic) bond motifs is 1. The van der Waals surface area contributed by atoms with Crippen molar-refractivity contribution in [3.05, 3.63) is 87.5 Å². The van der Waals surface area contributed by atoms with E-state index in [1.54, 1.807) is 6.08 Å². The quantitative estimate of drug-likeness (QED) is 0.0643. The van der Waals surface area contributed by atoms with Gasteiger partial charge in [-0.15, -0.1) is 0 Å². The van der Waals surface area contributed by atoms with Crippen molar-refractivity contribution in [1.29, 1.82) is 0 Å². The Kier molecular flexibility index (Phi) is 13.8. The maximum Gasteiger partial charge on any atom is 0.265 e. The van der Waals surface area contributed by atoms with Crippen LogP contribution in [0.2, 0.25) is 0 Å². The van der Waals surface area contributed by atoms with E-state index in [0.29, 0.717) is 53.8 Å². The molecule has 0 spiro atoms. The van der Waals surface area contributed by atoms with Crippen molar-refractivity contribution in [2.75, 3.05) is 25.1 Å². The average Bonchev–Trinajstić information content (AvgIpc) is 3.51. The second-order valence-electron chi connectivity index (χ2n) is 12.5. The van der Waals surface area contributed by atoms with Crippen LogP contribution in [0.5, 0.6) is 0 Å². The first-order valence-corrected chi connectivity index (χ1v) is 17.9. The molecule has 0 aliphatic carbocycles. The molecule has 12 nitrogen and oxygen atoms in total. The highest BCUT2D eigenvalue weighted by molar-refractivity contribution is 7.44. The number of carbonyl (C=O) groups is 3. The maximum absolute atomic E-state index is 14.0. The number of hydrogen-bond donors (Lipinski definition) is 6. The second kappa shape index (κ2) is 17.8. The van der Waals surface area contributed by atoms with Gasteiger partial charge in [-0.3, -0.25) is 18.9 Å². The van der Waals surface area contributed by atoms with Crippen LogP contribution in [0.3, 0.4) is 0 Å². The lowest BCUT2D eigenvalue weighted by atomic mass is 10.0. The van der Waals surface area contributed by atoms with Crippen LogP contribution in [0.4, 0.5) is 18.9 Å². The van der Waals surface area contributed by atoms with Gasteiger partial charge in [-0.2, -0.15) is 0 Å². The summed E-state index contributed by atoms with van der Waals surface area (Å²) in [5.41, 5.74) is 4.70. The van der Waals surface area contributed by atoms with E-state index in [1.165, 1.54) is 24.3 Å². The fourth-order valence-corrected chi connectivity index (χ4v) is 6.35. The van der Waals surface area contributed by atoms with Crippen LogP contribution in [-0.4, -0.2) is 58.5 Å². The molecule has 2 heterocycles. The third-order valence-electron chi connectivity index (χ3n) is 8.64. The van der Waals surface area contributed by atoms with Crippen molar-refractivity contribution in [2.45, 2.75) is 64.8 Å². The Hall–Kier alpha value is -4.27. The van der Waals surface area contributed by atoms with Crippen LogP contribution in [0.25, 0.3) is 11.6 Å².